The number of rotatable bonds is 8. The fourth-order valence-electron chi connectivity index (χ4n) is 2.97. The van der Waals surface area contributed by atoms with E-state index in [-0.39, 0.29) is 31.1 Å². The van der Waals surface area contributed by atoms with E-state index in [0.29, 0.717) is 11.1 Å². The lowest BCUT2D eigenvalue weighted by atomic mass is 10.0. The van der Waals surface area contributed by atoms with Crippen LogP contribution in [0.1, 0.15) is 45.9 Å². The summed E-state index contributed by atoms with van der Waals surface area (Å²) in [4.78, 5) is 26.2. The fourth-order valence-corrected chi connectivity index (χ4v) is 2.97. The van der Waals surface area contributed by atoms with E-state index in [2.05, 4.69) is 0 Å². The number of likely N-dealkylation sites (N-methyl/N-ethyl adjacent to an activating group) is 1. The van der Waals surface area contributed by atoms with Crippen LogP contribution in [0, 0.1) is 6.92 Å². The van der Waals surface area contributed by atoms with Gasteiger partial charge in [0, 0.05) is 32.6 Å². The molecule has 0 fully saturated rings. The number of Topliss-reactive ketones (excluding diaryl/α,β-unsaturated/α-hetero) is 1. The number of carbonyl (C=O) groups is 2. The molecule has 0 radical (unpaired) electrons. The van der Waals surface area contributed by atoms with Crippen LogP contribution < -0.4 is 0 Å². The van der Waals surface area contributed by atoms with Gasteiger partial charge in [0.05, 0.1) is 18.2 Å². The summed E-state index contributed by atoms with van der Waals surface area (Å²) in [7, 11) is 2.92. The zero-order chi connectivity index (χ0) is 21.6. The topological polar surface area (TPSA) is 46.6 Å². The van der Waals surface area contributed by atoms with Crippen molar-refractivity contribution < 1.29 is 27.5 Å². The minimum absolute atomic E-state index is 0.0223. The lowest BCUT2D eigenvalue weighted by molar-refractivity contribution is -0.137. The Bertz CT molecular complexity index is 847. The van der Waals surface area contributed by atoms with Gasteiger partial charge >= 0.3 is 6.18 Å². The van der Waals surface area contributed by atoms with E-state index in [1.165, 1.54) is 31.2 Å². The fraction of sp³-hybridized carbons (Fsp3) is 0.364. The normalized spacial score (nSPS) is 12.5. The van der Waals surface area contributed by atoms with E-state index in [9.17, 15) is 22.8 Å². The summed E-state index contributed by atoms with van der Waals surface area (Å²) in [6.07, 6.45) is -4.49. The number of methoxy groups -OCH3 is 1. The van der Waals surface area contributed by atoms with Crippen molar-refractivity contribution in [2.45, 2.75) is 32.0 Å². The van der Waals surface area contributed by atoms with Gasteiger partial charge in [-0.1, -0.05) is 42.0 Å². The van der Waals surface area contributed by atoms with Gasteiger partial charge in [-0.05, 0) is 24.6 Å². The average Bonchev–Trinajstić information content (AvgIpc) is 2.69. The van der Waals surface area contributed by atoms with E-state index < -0.39 is 17.8 Å². The Kier molecular flexibility index (Phi) is 7.56. The monoisotopic (exact) mass is 407 g/mol. The Hall–Kier alpha value is -2.67. The van der Waals surface area contributed by atoms with Crippen molar-refractivity contribution in [2.75, 3.05) is 20.8 Å². The zero-order valence-corrected chi connectivity index (χ0v) is 16.6. The van der Waals surface area contributed by atoms with Gasteiger partial charge in [0.15, 0.2) is 5.78 Å². The third-order valence-corrected chi connectivity index (χ3v) is 4.72. The molecule has 2 aromatic carbocycles. The molecule has 0 spiro atoms. The van der Waals surface area contributed by atoms with E-state index in [4.69, 9.17) is 4.74 Å². The van der Waals surface area contributed by atoms with Crippen molar-refractivity contribution in [1.29, 1.82) is 0 Å². The number of amides is 1. The summed E-state index contributed by atoms with van der Waals surface area (Å²) >= 11 is 0. The van der Waals surface area contributed by atoms with Crippen LogP contribution in [0.15, 0.2) is 48.5 Å². The molecular formula is C22H24F3NO3. The second-order valence-corrected chi connectivity index (χ2v) is 6.89. The van der Waals surface area contributed by atoms with Gasteiger partial charge in [-0.25, -0.2) is 0 Å². The molecular weight excluding hydrogens is 383 g/mol. The van der Waals surface area contributed by atoms with E-state index in [1.54, 1.807) is 12.1 Å². The first-order valence-electron chi connectivity index (χ1n) is 9.15. The first-order chi connectivity index (χ1) is 13.6. The summed E-state index contributed by atoms with van der Waals surface area (Å²) in [5.41, 5.74) is 1.09. The van der Waals surface area contributed by atoms with Crippen LogP contribution in [-0.2, 0) is 15.7 Å². The Labute approximate surface area is 168 Å². The number of nitrogens with zero attached hydrogens (tertiary/aromatic N) is 1. The molecule has 0 aromatic heterocycles. The first-order valence-corrected chi connectivity index (χ1v) is 9.15. The van der Waals surface area contributed by atoms with E-state index >= 15 is 0 Å². The highest BCUT2D eigenvalue weighted by molar-refractivity contribution is 5.98. The third kappa shape index (κ3) is 6.15. The molecule has 1 atom stereocenters. The predicted octanol–water partition coefficient (Wildman–Crippen LogP) is 4.82. The molecule has 0 aliphatic heterocycles. The van der Waals surface area contributed by atoms with Crippen LogP contribution in [0.25, 0.3) is 0 Å². The van der Waals surface area contributed by atoms with Crippen LogP contribution in [0.4, 0.5) is 13.2 Å². The highest BCUT2D eigenvalue weighted by Crippen LogP contribution is 2.32. The van der Waals surface area contributed by atoms with E-state index in [1.807, 2.05) is 19.1 Å². The van der Waals surface area contributed by atoms with Gasteiger partial charge in [-0.3, -0.25) is 9.59 Å². The summed E-state index contributed by atoms with van der Waals surface area (Å²) in [6, 6.07) is 11.2. The number of carbonyl (C=O) groups excluding carboxylic acids is 2. The lowest BCUT2D eigenvalue weighted by Gasteiger charge is -2.28. The maximum absolute atomic E-state index is 13.0. The summed E-state index contributed by atoms with van der Waals surface area (Å²) in [5.74, 6) is -0.501. The van der Waals surface area contributed by atoms with Crippen LogP contribution >= 0.6 is 0 Å². The zero-order valence-electron chi connectivity index (χ0n) is 16.6. The average molecular weight is 407 g/mol. The second-order valence-electron chi connectivity index (χ2n) is 6.89. The van der Waals surface area contributed by atoms with Crippen molar-refractivity contribution >= 4 is 11.7 Å². The van der Waals surface area contributed by atoms with Gasteiger partial charge in [-0.15, -0.1) is 0 Å². The number of benzene rings is 2. The Balaban J connectivity index is 2.09. The number of alkyl halides is 3. The number of hydrogen-bond donors (Lipinski definition) is 0. The maximum Gasteiger partial charge on any atom is 0.416 e. The van der Waals surface area contributed by atoms with Gasteiger partial charge in [-0.2, -0.15) is 13.2 Å². The highest BCUT2D eigenvalue weighted by atomic mass is 19.4. The van der Waals surface area contributed by atoms with Gasteiger partial charge in [0.1, 0.15) is 0 Å². The molecule has 0 aliphatic rings. The van der Waals surface area contributed by atoms with Crippen LogP contribution in [-0.4, -0.2) is 37.4 Å². The minimum Gasteiger partial charge on any atom is -0.382 e. The van der Waals surface area contributed by atoms with Crippen molar-refractivity contribution in [3.8, 4) is 0 Å². The Morgan fingerprint density at radius 3 is 2.31 bits per heavy atom. The molecule has 0 heterocycles. The quantitative estimate of drug-likeness (QED) is 0.590. The van der Waals surface area contributed by atoms with E-state index in [0.717, 1.165) is 17.7 Å². The molecule has 0 aliphatic carbocycles. The first kappa shape index (κ1) is 22.6. The molecule has 7 heteroatoms. The Morgan fingerprint density at radius 1 is 1.07 bits per heavy atom. The molecule has 4 nitrogen and oxygen atoms in total. The third-order valence-electron chi connectivity index (χ3n) is 4.72. The number of ether oxygens (including phenoxy) is 1. The van der Waals surface area contributed by atoms with Crippen molar-refractivity contribution in [1.82, 2.24) is 4.90 Å². The summed E-state index contributed by atoms with van der Waals surface area (Å²) in [5, 5.41) is 0. The summed E-state index contributed by atoms with van der Waals surface area (Å²) in [6.45, 7) is 1.95. The highest BCUT2D eigenvalue weighted by Gasteiger charge is 2.32. The Morgan fingerprint density at radius 2 is 1.72 bits per heavy atom. The van der Waals surface area contributed by atoms with Gasteiger partial charge in [0.25, 0.3) is 0 Å². The van der Waals surface area contributed by atoms with Crippen LogP contribution in [0.3, 0.4) is 0 Å². The SMILES string of the molecule is COCC(c1cccc(C(F)(F)F)c1)N(C)C(=O)CCC(=O)c1ccc(C)cc1. The number of halogens is 3. The molecule has 2 rings (SSSR count). The van der Waals surface area contributed by atoms with Gasteiger partial charge in [0.2, 0.25) is 5.91 Å². The van der Waals surface area contributed by atoms with Crippen molar-refractivity contribution in [3.05, 3.63) is 70.8 Å². The molecule has 0 saturated carbocycles. The lowest BCUT2D eigenvalue weighted by Crippen LogP contribution is -2.34. The summed E-state index contributed by atoms with van der Waals surface area (Å²) < 4.78 is 44.2. The second kappa shape index (κ2) is 9.69. The van der Waals surface area contributed by atoms with Crippen LogP contribution in [0.5, 0.6) is 0 Å². The minimum atomic E-state index is -4.48. The standard InChI is InChI=1S/C22H24F3NO3/c1-15-7-9-16(10-8-15)20(27)11-12-21(28)26(2)19(14-29-3)17-5-4-6-18(13-17)22(23,24)25/h4-10,13,19H,11-12,14H2,1-3H3. The number of hydrogen-bond acceptors (Lipinski definition) is 3. The molecule has 1 amide bonds. The smallest absolute Gasteiger partial charge is 0.382 e. The van der Waals surface area contributed by atoms with Crippen molar-refractivity contribution in [3.63, 3.8) is 0 Å². The molecule has 29 heavy (non-hydrogen) atoms. The number of aryl methyl sites for hydroxylation is 1. The van der Waals surface area contributed by atoms with Gasteiger partial charge < -0.3 is 9.64 Å². The molecule has 0 saturated heterocycles. The number of ketones is 1. The van der Waals surface area contributed by atoms with Crippen molar-refractivity contribution in [2.24, 2.45) is 0 Å². The molecule has 0 N–H and O–H groups in total. The largest absolute Gasteiger partial charge is 0.416 e. The predicted molar refractivity (Wildman–Crippen MR) is 104 cm³/mol. The molecule has 156 valence electrons. The maximum atomic E-state index is 13.0. The molecule has 2 aromatic rings. The molecule has 0 bridgehead atoms. The van der Waals surface area contributed by atoms with Crippen LogP contribution in [0.2, 0.25) is 0 Å². The molecule has 1 unspecified atom stereocenters.